The third-order valence-corrected chi connectivity index (χ3v) is 3.80. The van der Waals surface area contributed by atoms with Crippen molar-refractivity contribution in [1.82, 2.24) is 0 Å². The normalized spacial score (nSPS) is 22.9. The van der Waals surface area contributed by atoms with Gasteiger partial charge in [-0.3, -0.25) is 0 Å². The number of hydrogen-bond acceptors (Lipinski definition) is 1. The first-order valence-corrected chi connectivity index (χ1v) is 5.32. The Hall–Kier alpha value is -0.530. The Labute approximate surface area is 89.7 Å². The van der Waals surface area contributed by atoms with E-state index in [2.05, 4.69) is 6.92 Å². The van der Waals surface area contributed by atoms with Gasteiger partial charge in [-0.05, 0) is 37.5 Å². The van der Waals surface area contributed by atoms with Gasteiger partial charge in [0.05, 0.1) is 5.60 Å². The molecule has 1 atom stereocenters. The Bertz CT molecular complexity index is 353. The first-order valence-electron chi connectivity index (χ1n) is 4.94. The molecule has 1 aromatic rings. The van der Waals surface area contributed by atoms with Crippen LogP contribution in [-0.4, -0.2) is 5.11 Å². The molecule has 2 rings (SSSR count). The minimum Gasteiger partial charge on any atom is -0.385 e. The topological polar surface area (TPSA) is 20.2 Å². The molecule has 0 saturated heterocycles. The molecule has 2 heteroatoms. The highest BCUT2D eigenvalue weighted by atomic mass is 35.5. The molecule has 1 fully saturated rings. The van der Waals surface area contributed by atoms with Crippen LogP contribution in [0.3, 0.4) is 0 Å². The molecular formula is C12H15ClO. The molecule has 0 radical (unpaired) electrons. The second-order valence-electron chi connectivity index (χ2n) is 4.64. The van der Waals surface area contributed by atoms with Crippen LogP contribution in [0.15, 0.2) is 24.3 Å². The fourth-order valence-electron chi connectivity index (χ4n) is 1.81. The third kappa shape index (κ3) is 1.45. The lowest BCUT2D eigenvalue weighted by Gasteiger charge is -2.31. The number of halogens is 1. The van der Waals surface area contributed by atoms with Crippen LogP contribution in [0.1, 0.15) is 32.3 Å². The van der Waals surface area contributed by atoms with E-state index in [-0.39, 0.29) is 5.41 Å². The zero-order valence-electron chi connectivity index (χ0n) is 8.55. The van der Waals surface area contributed by atoms with Crippen molar-refractivity contribution in [2.45, 2.75) is 32.3 Å². The molecule has 0 bridgehead atoms. The largest absolute Gasteiger partial charge is 0.385 e. The van der Waals surface area contributed by atoms with Crippen LogP contribution in [0, 0.1) is 5.41 Å². The number of hydrogen-bond donors (Lipinski definition) is 1. The molecule has 76 valence electrons. The highest BCUT2D eigenvalue weighted by Gasteiger charge is 2.52. The van der Waals surface area contributed by atoms with Gasteiger partial charge < -0.3 is 5.11 Å². The number of benzene rings is 1. The lowest BCUT2D eigenvalue weighted by molar-refractivity contribution is -0.0126. The van der Waals surface area contributed by atoms with Crippen LogP contribution in [0.5, 0.6) is 0 Å². The van der Waals surface area contributed by atoms with E-state index in [1.165, 1.54) is 0 Å². The molecular weight excluding hydrogens is 196 g/mol. The van der Waals surface area contributed by atoms with Crippen LogP contribution in [-0.2, 0) is 5.60 Å². The molecule has 1 N–H and O–H groups in total. The van der Waals surface area contributed by atoms with E-state index in [1.54, 1.807) is 0 Å². The standard InChI is InChI=1S/C12H15ClO/c1-11(6-7-11)12(2,14)9-4-3-5-10(13)8-9/h3-5,8,14H,6-7H2,1-2H3. The van der Waals surface area contributed by atoms with E-state index in [0.29, 0.717) is 5.02 Å². The van der Waals surface area contributed by atoms with Crippen molar-refractivity contribution in [2.75, 3.05) is 0 Å². The second kappa shape index (κ2) is 2.98. The molecule has 1 saturated carbocycles. The van der Waals surface area contributed by atoms with Gasteiger partial charge in [0.1, 0.15) is 0 Å². The summed E-state index contributed by atoms with van der Waals surface area (Å²) in [6, 6.07) is 7.51. The summed E-state index contributed by atoms with van der Waals surface area (Å²) < 4.78 is 0. The van der Waals surface area contributed by atoms with Gasteiger partial charge in [0.2, 0.25) is 0 Å². The van der Waals surface area contributed by atoms with E-state index < -0.39 is 5.60 Å². The molecule has 14 heavy (non-hydrogen) atoms. The van der Waals surface area contributed by atoms with E-state index in [1.807, 2.05) is 31.2 Å². The van der Waals surface area contributed by atoms with Crippen LogP contribution >= 0.6 is 11.6 Å². The Morgan fingerprint density at radius 3 is 2.57 bits per heavy atom. The summed E-state index contributed by atoms with van der Waals surface area (Å²) in [6.07, 6.45) is 2.18. The summed E-state index contributed by atoms with van der Waals surface area (Å²) >= 11 is 5.91. The summed E-state index contributed by atoms with van der Waals surface area (Å²) in [4.78, 5) is 0. The first kappa shape index (κ1) is 10.0. The number of rotatable bonds is 2. The third-order valence-electron chi connectivity index (χ3n) is 3.56. The predicted octanol–water partition coefficient (Wildman–Crippen LogP) is 3.35. The van der Waals surface area contributed by atoms with Crippen molar-refractivity contribution in [2.24, 2.45) is 5.41 Å². The zero-order chi connectivity index (χ0) is 10.4. The Balaban J connectivity index is 2.38. The van der Waals surface area contributed by atoms with Gasteiger partial charge in [0.15, 0.2) is 0 Å². The van der Waals surface area contributed by atoms with E-state index in [0.717, 1.165) is 18.4 Å². The van der Waals surface area contributed by atoms with E-state index >= 15 is 0 Å². The maximum Gasteiger partial charge on any atom is 0.0922 e. The molecule has 0 spiro atoms. The SMILES string of the molecule is CC1(C(C)(O)c2cccc(Cl)c2)CC1. The Morgan fingerprint density at radius 2 is 2.07 bits per heavy atom. The zero-order valence-corrected chi connectivity index (χ0v) is 9.30. The molecule has 0 amide bonds. The van der Waals surface area contributed by atoms with Crippen LogP contribution in [0.25, 0.3) is 0 Å². The summed E-state index contributed by atoms with van der Waals surface area (Å²) in [7, 11) is 0. The molecule has 0 heterocycles. The van der Waals surface area contributed by atoms with Gasteiger partial charge in [0.25, 0.3) is 0 Å². The molecule has 1 aliphatic rings. The smallest absolute Gasteiger partial charge is 0.0922 e. The minimum absolute atomic E-state index is 0.0394. The quantitative estimate of drug-likeness (QED) is 0.794. The highest BCUT2D eigenvalue weighted by Crippen LogP contribution is 2.57. The number of aliphatic hydroxyl groups is 1. The molecule has 1 nitrogen and oxygen atoms in total. The summed E-state index contributed by atoms with van der Waals surface area (Å²) in [5, 5.41) is 11.1. The Morgan fingerprint density at radius 1 is 1.43 bits per heavy atom. The van der Waals surface area contributed by atoms with Crippen LogP contribution < -0.4 is 0 Å². The lowest BCUT2D eigenvalue weighted by atomic mass is 9.81. The predicted molar refractivity (Wildman–Crippen MR) is 58.4 cm³/mol. The average molecular weight is 211 g/mol. The second-order valence-corrected chi connectivity index (χ2v) is 5.08. The molecule has 0 aliphatic heterocycles. The fourth-order valence-corrected chi connectivity index (χ4v) is 2.00. The van der Waals surface area contributed by atoms with Crippen molar-refractivity contribution in [1.29, 1.82) is 0 Å². The van der Waals surface area contributed by atoms with Crippen molar-refractivity contribution in [3.05, 3.63) is 34.9 Å². The van der Waals surface area contributed by atoms with Crippen molar-refractivity contribution in [3.8, 4) is 0 Å². The van der Waals surface area contributed by atoms with Gasteiger partial charge in [-0.15, -0.1) is 0 Å². The molecule has 1 aliphatic carbocycles. The maximum absolute atomic E-state index is 10.5. The summed E-state index contributed by atoms with van der Waals surface area (Å²) in [5.74, 6) is 0. The summed E-state index contributed by atoms with van der Waals surface area (Å²) in [5.41, 5.74) is 0.209. The molecule has 0 aromatic heterocycles. The van der Waals surface area contributed by atoms with Crippen LogP contribution in [0.4, 0.5) is 0 Å². The molecule has 1 aromatic carbocycles. The van der Waals surface area contributed by atoms with Gasteiger partial charge in [-0.25, -0.2) is 0 Å². The van der Waals surface area contributed by atoms with Crippen molar-refractivity contribution >= 4 is 11.6 Å². The fraction of sp³-hybridized carbons (Fsp3) is 0.500. The van der Waals surface area contributed by atoms with Crippen molar-refractivity contribution < 1.29 is 5.11 Å². The van der Waals surface area contributed by atoms with Gasteiger partial charge in [0, 0.05) is 10.4 Å². The first-order chi connectivity index (χ1) is 6.46. The van der Waals surface area contributed by atoms with Gasteiger partial charge in [-0.1, -0.05) is 30.7 Å². The van der Waals surface area contributed by atoms with E-state index in [4.69, 9.17) is 11.6 Å². The Kier molecular flexibility index (Phi) is 2.13. The summed E-state index contributed by atoms with van der Waals surface area (Å²) in [6.45, 7) is 4.00. The highest BCUT2D eigenvalue weighted by molar-refractivity contribution is 6.30. The average Bonchev–Trinajstić information content (AvgIpc) is 2.85. The van der Waals surface area contributed by atoms with Crippen molar-refractivity contribution in [3.63, 3.8) is 0 Å². The molecule has 1 unspecified atom stereocenters. The van der Waals surface area contributed by atoms with E-state index in [9.17, 15) is 5.11 Å². The lowest BCUT2D eigenvalue weighted by Crippen LogP contribution is -2.31. The van der Waals surface area contributed by atoms with Gasteiger partial charge >= 0.3 is 0 Å². The monoisotopic (exact) mass is 210 g/mol. The minimum atomic E-state index is -0.752. The van der Waals surface area contributed by atoms with Crippen LogP contribution in [0.2, 0.25) is 5.02 Å². The van der Waals surface area contributed by atoms with Gasteiger partial charge in [-0.2, -0.15) is 0 Å². The maximum atomic E-state index is 10.5.